The number of ether oxygens (including phenoxy) is 2. The van der Waals surface area contributed by atoms with Crippen LogP contribution < -0.4 is 20.3 Å². The summed E-state index contributed by atoms with van der Waals surface area (Å²) in [6.45, 7) is 2.58. The number of rotatable bonds is 6. The lowest BCUT2D eigenvalue weighted by molar-refractivity contribution is 0.122. The first-order chi connectivity index (χ1) is 14.2. The Morgan fingerprint density at radius 2 is 1.59 bits per heavy atom. The van der Waals surface area contributed by atoms with Crippen molar-refractivity contribution in [3.63, 3.8) is 0 Å². The van der Waals surface area contributed by atoms with Gasteiger partial charge < -0.3 is 25.0 Å². The van der Waals surface area contributed by atoms with Crippen molar-refractivity contribution in [2.45, 2.75) is 0 Å². The van der Waals surface area contributed by atoms with E-state index in [9.17, 15) is 4.39 Å². The third-order valence-electron chi connectivity index (χ3n) is 4.32. The average Bonchev–Trinajstić information content (AvgIpc) is 2.74. The molecule has 3 aromatic rings. The first-order valence-electron chi connectivity index (χ1n) is 9.22. The van der Waals surface area contributed by atoms with Crippen LogP contribution in [0.5, 0.6) is 5.75 Å². The standard InChI is InChI=1S/C20H21FN6O2/c1-28-17-7-3-6-16(13-17)23-19-24-18(22-15-5-2-4-14(21)12-15)25-20(26-19)27-8-10-29-11-9-27/h2-7,12-13H,8-11H2,1H3,(H2,22,23,24,25,26). The largest absolute Gasteiger partial charge is 0.497 e. The predicted octanol–water partition coefficient (Wildman–Crippen LogP) is 3.34. The first kappa shape index (κ1) is 18.9. The van der Waals surface area contributed by atoms with E-state index in [1.54, 1.807) is 19.2 Å². The molecule has 0 bridgehead atoms. The number of hydrogen-bond acceptors (Lipinski definition) is 8. The summed E-state index contributed by atoms with van der Waals surface area (Å²) in [6, 6.07) is 13.6. The summed E-state index contributed by atoms with van der Waals surface area (Å²) >= 11 is 0. The summed E-state index contributed by atoms with van der Waals surface area (Å²) < 4.78 is 24.2. The molecule has 0 amide bonds. The van der Waals surface area contributed by atoms with Gasteiger partial charge in [0.15, 0.2) is 0 Å². The van der Waals surface area contributed by atoms with E-state index < -0.39 is 0 Å². The molecule has 1 aromatic heterocycles. The number of aromatic nitrogens is 3. The van der Waals surface area contributed by atoms with Crippen LogP contribution in [0.15, 0.2) is 48.5 Å². The fraction of sp³-hybridized carbons (Fsp3) is 0.250. The molecule has 2 N–H and O–H groups in total. The molecule has 0 atom stereocenters. The molecule has 0 saturated carbocycles. The Hall–Kier alpha value is -3.46. The molecule has 1 fully saturated rings. The highest BCUT2D eigenvalue weighted by Gasteiger charge is 2.17. The van der Waals surface area contributed by atoms with Gasteiger partial charge in [-0.3, -0.25) is 0 Å². The SMILES string of the molecule is COc1cccc(Nc2nc(Nc3cccc(F)c3)nc(N3CCOCC3)n2)c1. The highest BCUT2D eigenvalue weighted by atomic mass is 19.1. The van der Waals surface area contributed by atoms with Crippen LogP contribution in [-0.4, -0.2) is 48.4 Å². The van der Waals surface area contributed by atoms with Crippen molar-refractivity contribution < 1.29 is 13.9 Å². The number of nitrogens with one attached hydrogen (secondary N) is 2. The molecule has 1 aliphatic rings. The van der Waals surface area contributed by atoms with Crippen molar-refractivity contribution in [3.05, 3.63) is 54.3 Å². The van der Waals surface area contributed by atoms with Crippen LogP contribution >= 0.6 is 0 Å². The summed E-state index contributed by atoms with van der Waals surface area (Å²) in [4.78, 5) is 15.5. The highest BCUT2D eigenvalue weighted by Crippen LogP contribution is 2.23. The maximum Gasteiger partial charge on any atom is 0.233 e. The summed E-state index contributed by atoms with van der Waals surface area (Å²) in [7, 11) is 1.61. The van der Waals surface area contributed by atoms with E-state index in [2.05, 4.69) is 25.6 Å². The Kier molecular flexibility index (Phi) is 5.66. The number of methoxy groups -OCH3 is 1. The Bertz CT molecular complexity index is 981. The van der Waals surface area contributed by atoms with Gasteiger partial charge in [0.05, 0.1) is 20.3 Å². The lowest BCUT2D eigenvalue weighted by Crippen LogP contribution is -2.37. The lowest BCUT2D eigenvalue weighted by Gasteiger charge is -2.27. The second-order valence-electron chi connectivity index (χ2n) is 6.37. The number of morpholine rings is 1. The quantitative estimate of drug-likeness (QED) is 0.656. The maximum absolute atomic E-state index is 13.5. The normalized spacial score (nSPS) is 13.8. The molecule has 2 heterocycles. The molecule has 0 aliphatic carbocycles. The van der Waals surface area contributed by atoms with E-state index in [-0.39, 0.29) is 5.82 Å². The van der Waals surface area contributed by atoms with E-state index in [0.717, 1.165) is 11.4 Å². The van der Waals surface area contributed by atoms with E-state index >= 15 is 0 Å². The topological polar surface area (TPSA) is 84.4 Å². The predicted molar refractivity (Wildman–Crippen MR) is 109 cm³/mol. The van der Waals surface area contributed by atoms with E-state index in [4.69, 9.17) is 9.47 Å². The summed E-state index contributed by atoms with van der Waals surface area (Å²) in [6.07, 6.45) is 0. The number of halogens is 1. The van der Waals surface area contributed by atoms with Crippen LogP contribution in [0.3, 0.4) is 0 Å². The van der Waals surface area contributed by atoms with Gasteiger partial charge in [0.1, 0.15) is 11.6 Å². The summed E-state index contributed by atoms with van der Waals surface area (Å²) in [5.41, 5.74) is 1.33. The molecule has 1 aliphatic heterocycles. The highest BCUT2D eigenvalue weighted by molar-refractivity contribution is 5.60. The number of benzene rings is 2. The van der Waals surface area contributed by atoms with Gasteiger partial charge in [0.25, 0.3) is 0 Å². The van der Waals surface area contributed by atoms with Crippen LogP contribution in [0.4, 0.5) is 33.6 Å². The zero-order valence-electron chi connectivity index (χ0n) is 15.9. The van der Waals surface area contributed by atoms with Gasteiger partial charge in [-0.1, -0.05) is 12.1 Å². The molecular formula is C20H21FN6O2. The van der Waals surface area contributed by atoms with E-state index in [1.165, 1.54) is 12.1 Å². The zero-order chi connectivity index (χ0) is 20.1. The lowest BCUT2D eigenvalue weighted by atomic mass is 10.3. The van der Waals surface area contributed by atoms with Gasteiger partial charge in [-0.15, -0.1) is 0 Å². The molecule has 8 nitrogen and oxygen atoms in total. The van der Waals surface area contributed by atoms with Crippen LogP contribution in [0.25, 0.3) is 0 Å². The van der Waals surface area contributed by atoms with Gasteiger partial charge in [0, 0.05) is 30.5 Å². The van der Waals surface area contributed by atoms with Crippen molar-refractivity contribution in [1.29, 1.82) is 0 Å². The number of nitrogens with zero attached hydrogens (tertiary/aromatic N) is 4. The molecule has 0 unspecified atom stereocenters. The smallest absolute Gasteiger partial charge is 0.233 e. The number of hydrogen-bond donors (Lipinski definition) is 2. The van der Waals surface area contributed by atoms with Crippen molar-refractivity contribution in [1.82, 2.24) is 15.0 Å². The first-order valence-corrected chi connectivity index (χ1v) is 9.22. The Labute approximate surface area is 167 Å². The Morgan fingerprint density at radius 1 is 0.931 bits per heavy atom. The monoisotopic (exact) mass is 396 g/mol. The van der Waals surface area contributed by atoms with Gasteiger partial charge in [-0.05, 0) is 30.3 Å². The fourth-order valence-corrected chi connectivity index (χ4v) is 2.91. The molecule has 2 aromatic carbocycles. The third-order valence-corrected chi connectivity index (χ3v) is 4.32. The van der Waals surface area contributed by atoms with Crippen LogP contribution in [-0.2, 0) is 4.74 Å². The van der Waals surface area contributed by atoms with E-state index in [0.29, 0.717) is 49.8 Å². The molecule has 29 heavy (non-hydrogen) atoms. The minimum absolute atomic E-state index is 0.317. The van der Waals surface area contributed by atoms with Gasteiger partial charge in [-0.25, -0.2) is 4.39 Å². The second-order valence-corrected chi connectivity index (χ2v) is 6.37. The Balaban J connectivity index is 1.65. The van der Waals surface area contributed by atoms with E-state index in [1.807, 2.05) is 29.2 Å². The summed E-state index contributed by atoms with van der Waals surface area (Å²) in [5, 5.41) is 6.23. The van der Waals surface area contributed by atoms with Gasteiger partial charge in [0.2, 0.25) is 17.8 Å². The van der Waals surface area contributed by atoms with Gasteiger partial charge >= 0.3 is 0 Å². The molecular weight excluding hydrogens is 375 g/mol. The average molecular weight is 396 g/mol. The second kappa shape index (κ2) is 8.70. The van der Waals surface area contributed by atoms with Gasteiger partial charge in [-0.2, -0.15) is 15.0 Å². The van der Waals surface area contributed by atoms with Crippen molar-refractivity contribution >= 4 is 29.2 Å². The minimum Gasteiger partial charge on any atom is -0.497 e. The molecule has 150 valence electrons. The molecule has 4 rings (SSSR count). The molecule has 0 spiro atoms. The summed E-state index contributed by atoms with van der Waals surface area (Å²) in [5.74, 6) is 1.58. The van der Waals surface area contributed by atoms with Crippen LogP contribution in [0.1, 0.15) is 0 Å². The van der Waals surface area contributed by atoms with Crippen molar-refractivity contribution in [3.8, 4) is 5.75 Å². The van der Waals surface area contributed by atoms with Crippen LogP contribution in [0.2, 0.25) is 0 Å². The molecule has 9 heteroatoms. The Morgan fingerprint density at radius 3 is 2.24 bits per heavy atom. The maximum atomic E-state index is 13.5. The van der Waals surface area contributed by atoms with Crippen molar-refractivity contribution in [2.24, 2.45) is 0 Å². The fourth-order valence-electron chi connectivity index (χ4n) is 2.91. The molecule has 0 radical (unpaired) electrons. The molecule has 1 saturated heterocycles. The third kappa shape index (κ3) is 4.88. The number of anilines is 5. The van der Waals surface area contributed by atoms with Crippen molar-refractivity contribution in [2.75, 3.05) is 48.9 Å². The minimum atomic E-state index is -0.341. The zero-order valence-corrected chi connectivity index (χ0v) is 15.9. The van der Waals surface area contributed by atoms with Crippen LogP contribution in [0, 0.1) is 5.82 Å².